The van der Waals surface area contributed by atoms with Crippen molar-refractivity contribution in [2.75, 3.05) is 13.1 Å². The molecule has 1 aromatic rings. The average molecular weight is 276 g/mol. The Kier molecular flexibility index (Phi) is 6.03. The van der Waals surface area contributed by atoms with Crippen LogP contribution in [0.2, 0.25) is 0 Å². The third kappa shape index (κ3) is 3.73. The fourth-order valence-electron chi connectivity index (χ4n) is 1.99. The molecule has 0 aliphatic carbocycles. The number of carbonyl (C=O) groups is 1. The lowest BCUT2D eigenvalue weighted by Gasteiger charge is -2.25. The summed E-state index contributed by atoms with van der Waals surface area (Å²) in [7, 11) is 0. The second kappa shape index (κ2) is 7.53. The van der Waals surface area contributed by atoms with Crippen molar-refractivity contribution >= 4 is 5.91 Å². The Hall–Kier alpha value is -2.04. The number of hydrogen-bond donors (Lipinski definition) is 1. The molecule has 0 aliphatic rings. The summed E-state index contributed by atoms with van der Waals surface area (Å²) in [5, 5.41) is 13.8. The summed E-state index contributed by atoms with van der Waals surface area (Å²) >= 11 is 0. The van der Waals surface area contributed by atoms with E-state index in [1.165, 1.54) is 4.90 Å². The molecule has 0 radical (unpaired) electrons. The number of likely N-dealkylation sites (N-methyl/N-ethyl adjacent to an activating group) is 1. The molecule has 108 valence electrons. The van der Waals surface area contributed by atoms with E-state index in [2.05, 4.69) is 10.0 Å². The Balaban J connectivity index is 3.04. The predicted molar refractivity (Wildman–Crippen MR) is 77.0 cm³/mol. The fourth-order valence-corrected chi connectivity index (χ4v) is 1.99. The van der Waals surface area contributed by atoms with E-state index in [0.29, 0.717) is 18.7 Å². The molecule has 0 aromatic heterocycles. The maximum Gasteiger partial charge on any atom is 0.252 e. The standard InChI is InChI=1S/C14H20N4O2/c1-4-18(5-2)14(20)13(19)12(16-17-15)11-8-6-10(3)7-9-11/h6-9,12-13,19H,4-5H2,1-3H3/t12-,13+/m1/s1. The van der Waals surface area contributed by atoms with Crippen molar-refractivity contribution in [2.24, 2.45) is 5.11 Å². The number of hydrogen-bond acceptors (Lipinski definition) is 3. The van der Waals surface area contributed by atoms with Crippen LogP contribution in [0, 0.1) is 6.92 Å². The van der Waals surface area contributed by atoms with E-state index in [4.69, 9.17) is 5.53 Å². The van der Waals surface area contributed by atoms with Gasteiger partial charge in [-0.25, -0.2) is 0 Å². The van der Waals surface area contributed by atoms with Crippen molar-refractivity contribution < 1.29 is 9.90 Å². The monoisotopic (exact) mass is 276 g/mol. The van der Waals surface area contributed by atoms with Crippen molar-refractivity contribution in [1.29, 1.82) is 0 Å². The first-order valence-electron chi connectivity index (χ1n) is 6.62. The first-order valence-corrected chi connectivity index (χ1v) is 6.62. The van der Waals surface area contributed by atoms with Crippen molar-refractivity contribution in [1.82, 2.24) is 4.90 Å². The van der Waals surface area contributed by atoms with Gasteiger partial charge in [-0.2, -0.15) is 0 Å². The number of amides is 1. The molecule has 20 heavy (non-hydrogen) atoms. The lowest BCUT2D eigenvalue weighted by atomic mass is 10.00. The molecule has 0 saturated carbocycles. The first kappa shape index (κ1) is 16.0. The Morgan fingerprint density at radius 1 is 1.35 bits per heavy atom. The topological polar surface area (TPSA) is 89.3 Å². The number of aliphatic hydroxyl groups is 1. The average Bonchev–Trinajstić information content (AvgIpc) is 2.46. The molecule has 1 amide bonds. The van der Waals surface area contributed by atoms with Crippen LogP contribution in [0.3, 0.4) is 0 Å². The summed E-state index contributed by atoms with van der Waals surface area (Å²) in [6, 6.07) is 6.31. The van der Waals surface area contributed by atoms with Crippen LogP contribution in [0.15, 0.2) is 29.4 Å². The van der Waals surface area contributed by atoms with E-state index >= 15 is 0 Å². The Morgan fingerprint density at radius 3 is 2.35 bits per heavy atom. The van der Waals surface area contributed by atoms with Crippen molar-refractivity contribution in [3.05, 3.63) is 45.8 Å². The van der Waals surface area contributed by atoms with Gasteiger partial charge in [0, 0.05) is 18.0 Å². The van der Waals surface area contributed by atoms with Gasteiger partial charge in [-0.1, -0.05) is 34.9 Å². The summed E-state index contributed by atoms with van der Waals surface area (Å²) in [6.07, 6.45) is -1.37. The van der Waals surface area contributed by atoms with Crippen molar-refractivity contribution in [3.63, 3.8) is 0 Å². The van der Waals surface area contributed by atoms with E-state index in [-0.39, 0.29) is 0 Å². The van der Waals surface area contributed by atoms with Gasteiger partial charge in [0.2, 0.25) is 0 Å². The van der Waals surface area contributed by atoms with Gasteiger partial charge in [0.05, 0.1) is 6.04 Å². The smallest absolute Gasteiger partial charge is 0.252 e. The normalized spacial score (nSPS) is 13.2. The molecule has 1 aromatic carbocycles. The number of aliphatic hydroxyl groups excluding tert-OH is 1. The largest absolute Gasteiger partial charge is 0.382 e. The molecule has 0 saturated heterocycles. The third-order valence-corrected chi connectivity index (χ3v) is 3.22. The lowest BCUT2D eigenvalue weighted by Crippen LogP contribution is -2.41. The molecule has 2 atom stereocenters. The summed E-state index contributed by atoms with van der Waals surface area (Å²) in [5.41, 5.74) is 10.3. The molecule has 0 heterocycles. The highest BCUT2D eigenvalue weighted by molar-refractivity contribution is 5.81. The lowest BCUT2D eigenvalue weighted by molar-refractivity contribution is -0.140. The van der Waals surface area contributed by atoms with Crippen molar-refractivity contribution in [2.45, 2.75) is 32.9 Å². The highest BCUT2D eigenvalue weighted by Gasteiger charge is 2.29. The molecule has 1 N–H and O–H groups in total. The van der Waals surface area contributed by atoms with Gasteiger partial charge in [-0.15, -0.1) is 0 Å². The number of rotatable bonds is 6. The Bertz CT molecular complexity index is 490. The molecule has 6 heteroatoms. The van der Waals surface area contributed by atoms with Crippen LogP contribution < -0.4 is 0 Å². The Morgan fingerprint density at radius 2 is 1.90 bits per heavy atom. The highest BCUT2D eigenvalue weighted by atomic mass is 16.3. The molecule has 0 unspecified atom stereocenters. The zero-order chi connectivity index (χ0) is 15.1. The molecule has 6 nitrogen and oxygen atoms in total. The van der Waals surface area contributed by atoms with Gasteiger partial charge in [0.25, 0.3) is 5.91 Å². The molecular weight excluding hydrogens is 256 g/mol. The zero-order valence-corrected chi connectivity index (χ0v) is 12.0. The SMILES string of the molecule is CCN(CC)C(=O)[C@@H](O)[C@H](N=[N+]=[N-])c1ccc(C)cc1. The van der Waals surface area contributed by atoms with E-state index in [9.17, 15) is 9.90 Å². The molecule has 1 rings (SSSR count). The summed E-state index contributed by atoms with van der Waals surface area (Å²) < 4.78 is 0. The third-order valence-electron chi connectivity index (χ3n) is 3.22. The number of aryl methyl sites for hydroxylation is 1. The second-order valence-corrected chi connectivity index (χ2v) is 4.52. The van der Waals surface area contributed by atoms with Crippen LogP contribution in [-0.4, -0.2) is 35.1 Å². The molecule has 0 aliphatic heterocycles. The van der Waals surface area contributed by atoms with Crippen LogP contribution in [0.1, 0.15) is 31.0 Å². The molecule has 0 bridgehead atoms. The second-order valence-electron chi connectivity index (χ2n) is 4.52. The van der Waals surface area contributed by atoms with Gasteiger partial charge in [0.1, 0.15) is 6.10 Å². The van der Waals surface area contributed by atoms with Gasteiger partial charge in [-0.3, -0.25) is 4.79 Å². The number of azide groups is 1. The predicted octanol–water partition coefficient (Wildman–Crippen LogP) is 2.58. The van der Waals surface area contributed by atoms with E-state index in [0.717, 1.165) is 5.56 Å². The van der Waals surface area contributed by atoms with Crippen LogP contribution in [0.5, 0.6) is 0 Å². The summed E-state index contributed by atoms with van der Waals surface area (Å²) in [4.78, 5) is 16.4. The van der Waals surface area contributed by atoms with Gasteiger partial charge < -0.3 is 10.0 Å². The fraction of sp³-hybridized carbons (Fsp3) is 0.500. The summed E-state index contributed by atoms with van der Waals surface area (Å²) in [6.45, 7) is 6.61. The van der Waals surface area contributed by atoms with Crippen molar-refractivity contribution in [3.8, 4) is 0 Å². The molecule has 0 fully saturated rings. The highest BCUT2D eigenvalue weighted by Crippen LogP contribution is 2.23. The minimum absolute atomic E-state index is 0.423. The Labute approximate surface area is 118 Å². The van der Waals surface area contributed by atoms with E-state index < -0.39 is 18.1 Å². The quantitative estimate of drug-likeness (QED) is 0.491. The van der Waals surface area contributed by atoms with Gasteiger partial charge in [0.15, 0.2) is 0 Å². The number of carbonyl (C=O) groups excluding carboxylic acids is 1. The molecular formula is C14H20N4O2. The number of nitrogens with zero attached hydrogens (tertiary/aromatic N) is 4. The van der Waals surface area contributed by atoms with Gasteiger partial charge >= 0.3 is 0 Å². The number of benzene rings is 1. The van der Waals surface area contributed by atoms with Gasteiger partial charge in [-0.05, 0) is 31.9 Å². The van der Waals surface area contributed by atoms with Crippen LogP contribution >= 0.6 is 0 Å². The zero-order valence-electron chi connectivity index (χ0n) is 12.0. The first-order chi connectivity index (χ1) is 9.54. The summed E-state index contributed by atoms with van der Waals surface area (Å²) in [5.74, 6) is -0.423. The van der Waals surface area contributed by atoms with Crippen LogP contribution in [0.25, 0.3) is 10.4 Å². The van der Waals surface area contributed by atoms with E-state index in [1.54, 1.807) is 12.1 Å². The van der Waals surface area contributed by atoms with Crippen LogP contribution in [0.4, 0.5) is 0 Å². The van der Waals surface area contributed by atoms with E-state index in [1.807, 2.05) is 32.9 Å². The minimum atomic E-state index is -1.37. The molecule has 0 spiro atoms. The minimum Gasteiger partial charge on any atom is -0.382 e. The van der Waals surface area contributed by atoms with Crippen LogP contribution in [-0.2, 0) is 4.79 Å². The maximum absolute atomic E-state index is 12.2. The maximum atomic E-state index is 12.2.